The Morgan fingerprint density at radius 1 is 1.20 bits per heavy atom. The third-order valence-electron chi connectivity index (χ3n) is 2.47. The molecule has 2 N–H and O–H groups in total. The molecule has 2 rings (SSSR count). The van der Waals surface area contributed by atoms with Gasteiger partial charge in [0.25, 0.3) is 0 Å². The Labute approximate surface area is 117 Å². The molecule has 0 amide bonds. The van der Waals surface area contributed by atoms with Crippen LogP contribution < -0.4 is 10.6 Å². The molecular formula is C11H9ClF3N5. The molecule has 0 atom stereocenters. The Morgan fingerprint density at radius 3 is 2.50 bits per heavy atom. The molecule has 106 valence electrons. The summed E-state index contributed by atoms with van der Waals surface area (Å²) in [5, 5.41) is -0.133. The van der Waals surface area contributed by atoms with Crippen LogP contribution in [0.2, 0.25) is 5.28 Å². The number of benzene rings is 1. The number of aromatic nitrogens is 3. The van der Waals surface area contributed by atoms with Gasteiger partial charge in [-0.05, 0) is 29.8 Å². The zero-order valence-electron chi connectivity index (χ0n) is 10.2. The molecule has 0 aliphatic heterocycles. The van der Waals surface area contributed by atoms with Crippen LogP contribution >= 0.6 is 11.6 Å². The normalized spacial score (nSPS) is 11.4. The summed E-state index contributed by atoms with van der Waals surface area (Å²) in [5.41, 5.74) is 4.90. The van der Waals surface area contributed by atoms with Gasteiger partial charge in [0.2, 0.25) is 17.2 Å². The minimum atomic E-state index is -4.42. The van der Waals surface area contributed by atoms with Crippen LogP contribution in [0.4, 0.5) is 30.8 Å². The molecule has 0 bridgehead atoms. The molecule has 0 aliphatic rings. The van der Waals surface area contributed by atoms with Crippen molar-refractivity contribution in [2.24, 2.45) is 0 Å². The Kier molecular flexibility index (Phi) is 3.67. The second-order valence-electron chi connectivity index (χ2n) is 3.87. The fourth-order valence-electron chi connectivity index (χ4n) is 1.51. The van der Waals surface area contributed by atoms with Crippen LogP contribution in [0.1, 0.15) is 5.56 Å². The molecule has 0 unspecified atom stereocenters. The number of halogens is 4. The molecule has 0 saturated heterocycles. The van der Waals surface area contributed by atoms with Crippen molar-refractivity contribution in [1.29, 1.82) is 0 Å². The van der Waals surface area contributed by atoms with E-state index in [0.29, 0.717) is 0 Å². The van der Waals surface area contributed by atoms with Gasteiger partial charge in [-0.15, -0.1) is 0 Å². The van der Waals surface area contributed by atoms with Gasteiger partial charge in [0.05, 0.1) is 5.56 Å². The quantitative estimate of drug-likeness (QED) is 0.924. The van der Waals surface area contributed by atoms with Gasteiger partial charge in [-0.2, -0.15) is 28.1 Å². The molecule has 0 radical (unpaired) electrons. The molecule has 0 saturated carbocycles. The SMILES string of the molecule is CN(c1cccc(C(F)(F)F)c1)c1nc(N)nc(Cl)n1. The van der Waals surface area contributed by atoms with Crippen molar-refractivity contribution in [2.75, 3.05) is 17.7 Å². The van der Waals surface area contributed by atoms with E-state index >= 15 is 0 Å². The number of nitrogens with zero attached hydrogens (tertiary/aromatic N) is 4. The van der Waals surface area contributed by atoms with E-state index in [1.54, 1.807) is 0 Å². The molecule has 0 spiro atoms. The lowest BCUT2D eigenvalue weighted by Gasteiger charge is -2.18. The summed E-state index contributed by atoms with van der Waals surface area (Å²) in [7, 11) is 1.50. The Morgan fingerprint density at radius 2 is 1.90 bits per heavy atom. The summed E-state index contributed by atoms with van der Waals surface area (Å²) < 4.78 is 38.0. The maximum Gasteiger partial charge on any atom is 0.416 e. The van der Waals surface area contributed by atoms with Crippen molar-refractivity contribution in [3.05, 3.63) is 35.1 Å². The molecular weight excluding hydrogens is 295 g/mol. The number of anilines is 3. The summed E-state index contributed by atoms with van der Waals surface area (Å²) in [6, 6.07) is 4.74. The van der Waals surface area contributed by atoms with Gasteiger partial charge in [0.1, 0.15) is 0 Å². The molecule has 0 aliphatic carbocycles. The first-order valence-electron chi connectivity index (χ1n) is 5.35. The lowest BCUT2D eigenvalue weighted by Crippen LogP contribution is -2.16. The first-order valence-corrected chi connectivity index (χ1v) is 5.73. The first-order chi connectivity index (χ1) is 9.27. The van der Waals surface area contributed by atoms with Crippen molar-refractivity contribution in [2.45, 2.75) is 6.18 Å². The Hall–Kier alpha value is -2.09. The Balaban J connectivity index is 2.40. The highest BCUT2D eigenvalue weighted by atomic mass is 35.5. The number of hydrogen-bond acceptors (Lipinski definition) is 5. The number of hydrogen-bond donors (Lipinski definition) is 1. The van der Waals surface area contributed by atoms with Gasteiger partial charge < -0.3 is 10.6 Å². The number of nitrogen functional groups attached to an aromatic ring is 1. The molecule has 1 aromatic carbocycles. The number of alkyl halides is 3. The number of rotatable bonds is 2. The van der Waals surface area contributed by atoms with Crippen LogP contribution in [-0.2, 0) is 6.18 Å². The van der Waals surface area contributed by atoms with E-state index in [-0.39, 0.29) is 22.9 Å². The molecule has 5 nitrogen and oxygen atoms in total. The van der Waals surface area contributed by atoms with Gasteiger partial charge in [-0.25, -0.2) is 0 Å². The van der Waals surface area contributed by atoms with Crippen LogP contribution in [0.15, 0.2) is 24.3 Å². The highest BCUT2D eigenvalue weighted by Gasteiger charge is 2.30. The highest BCUT2D eigenvalue weighted by molar-refractivity contribution is 6.28. The van der Waals surface area contributed by atoms with Gasteiger partial charge in [0, 0.05) is 12.7 Å². The minimum Gasteiger partial charge on any atom is -0.368 e. The van der Waals surface area contributed by atoms with Crippen molar-refractivity contribution in [1.82, 2.24) is 15.0 Å². The number of nitrogens with two attached hydrogens (primary N) is 1. The second-order valence-corrected chi connectivity index (χ2v) is 4.21. The van der Waals surface area contributed by atoms with Crippen molar-refractivity contribution in [3.63, 3.8) is 0 Å². The average molecular weight is 304 g/mol. The van der Waals surface area contributed by atoms with Gasteiger partial charge in [-0.1, -0.05) is 6.07 Å². The van der Waals surface area contributed by atoms with Crippen LogP contribution in [-0.4, -0.2) is 22.0 Å². The summed E-state index contributed by atoms with van der Waals surface area (Å²) in [5.74, 6) is -0.0550. The summed E-state index contributed by atoms with van der Waals surface area (Å²) >= 11 is 5.64. The topological polar surface area (TPSA) is 67.9 Å². The van der Waals surface area contributed by atoms with Gasteiger partial charge >= 0.3 is 6.18 Å². The fourth-order valence-corrected chi connectivity index (χ4v) is 1.67. The monoisotopic (exact) mass is 303 g/mol. The predicted molar refractivity (Wildman–Crippen MR) is 68.8 cm³/mol. The second kappa shape index (κ2) is 5.12. The summed E-state index contributed by atoms with van der Waals surface area (Å²) in [4.78, 5) is 12.5. The van der Waals surface area contributed by atoms with E-state index in [1.165, 1.54) is 24.1 Å². The maximum atomic E-state index is 12.7. The summed E-state index contributed by atoms with van der Waals surface area (Å²) in [6.45, 7) is 0. The van der Waals surface area contributed by atoms with E-state index in [1.807, 2.05) is 0 Å². The van der Waals surface area contributed by atoms with E-state index in [0.717, 1.165) is 12.1 Å². The first kappa shape index (κ1) is 14.3. The lowest BCUT2D eigenvalue weighted by atomic mass is 10.2. The zero-order valence-corrected chi connectivity index (χ0v) is 10.9. The van der Waals surface area contributed by atoms with E-state index in [2.05, 4.69) is 15.0 Å². The van der Waals surface area contributed by atoms with Crippen LogP contribution in [0.5, 0.6) is 0 Å². The molecule has 0 fully saturated rings. The zero-order chi connectivity index (χ0) is 14.9. The fraction of sp³-hybridized carbons (Fsp3) is 0.182. The van der Waals surface area contributed by atoms with Crippen molar-refractivity contribution >= 4 is 29.2 Å². The molecule has 9 heteroatoms. The third-order valence-corrected chi connectivity index (χ3v) is 2.64. The van der Waals surface area contributed by atoms with E-state index < -0.39 is 11.7 Å². The van der Waals surface area contributed by atoms with E-state index in [9.17, 15) is 13.2 Å². The molecule has 2 aromatic rings. The predicted octanol–water partition coefficient (Wildman–Crippen LogP) is 2.89. The maximum absolute atomic E-state index is 12.7. The molecule has 1 aromatic heterocycles. The molecule has 1 heterocycles. The van der Waals surface area contributed by atoms with E-state index in [4.69, 9.17) is 17.3 Å². The Bertz CT molecular complexity index is 611. The average Bonchev–Trinajstić information content (AvgIpc) is 2.36. The van der Waals surface area contributed by atoms with Gasteiger partial charge in [0.15, 0.2) is 0 Å². The largest absolute Gasteiger partial charge is 0.416 e. The lowest BCUT2D eigenvalue weighted by molar-refractivity contribution is -0.137. The standard InChI is InChI=1S/C11H9ClF3N5/c1-20(10-18-8(12)17-9(16)19-10)7-4-2-3-6(5-7)11(13,14)15/h2-5H,1H3,(H2,16,17,18,19). The third kappa shape index (κ3) is 3.08. The summed E-state index contributed by atoms with van der Waals surface area (Å²) in [6.07, 6.45) is -4.42. The highest BCUT2D eigenvalue weighted by Crippen LogP contribution is 2.32. The minimum absolute atomic E-state index is 0.0572. The van der Waals surface area contributed by atoms with Crippen LogP contribution in [0.3, 0.4) is 0 Å². The van der Waals surface area contributed by atoms with Crippen LogP contribution in [0, 0.1) is 0 Å². The van der Waals surface area contributed by atoms with Crippen molar-refractivity contribution in [3.8, 4) is 0 Å². The van der Waals surface area contributed by atoms with Crippen molar-refractivity contribution < 1.29 is 13.2 Å². The molecule has 20 heavy (non-hydrogen) atoms. The van der Waals surface area contributed by atoms with Gasteiger partial charge in [-0.3, -0.25) is 0 Å². The van der Waals surface area contributed by atoms with Crippen LogP contribution in [0.25, 0.3) is 0 Å². The smallest absolute Gasteiger partial charge is 0.368 e.